The number of ether oxygens (including phenoxy) is 1. The molecule has 2 aromatic rings. The molecule has 0 aliphatic heterocycles. The lowest BCUT2D eigenvalue weighted by atomic mass is 10.1. The summed E-state index contributed by atoms with van der Waals surface area (Å²) in [5.74, 6) is -0.485. The Kier molecular flexibility index (Phi) is 6.32. The minimum Gasteiger partial charge on any atom is -0.495 e. The van der Waals surface area contributed by atoms with Gasteiger partial charge in [0.25, 0.3) is 5.91 Å². The monoisotopic (exact) mass is 355 g/mol. The van der Waals surface area contributed by atoms with Crippen LogP contribution in [0, 0.1) is 6.92 Å². The lowest BCUT2D eigenvalue weighted by Gasteiger charge is -2.12. The Morgan fingerprint density at radius 2 is 1.69 bits per heavy atom. The molecule has 0 fully saturated rings. The number of hydrogen-bond acceptors (Lipinski definition) is 4. The van der Waals surface area contributed by atoms with Crippen LogP contribution in [0.2, 0.25) is 0 Å². The van der Waals surface area contributed by atoms with Crippen LogP contribution >= 0.6 is 0 Å². The Hall–Kier alpha value is -3.35. The number of rotatable bonds is 6. The molecular formula is C19H21N3O4. The fraction of sp³-hybridized carbons (Fsp3) is 0.211. The van der Waals surface area contributed by atoms with Gasteiger partial charge in [0.05, 0.1) is 19.3 Å². The van der Waals surface area contributed by atoms with Crippen molar-refractivity contribution in [3.8, 4) is 5.75 Å². The predicted octanol–water partition coefficient (Wildman–Crippen LogP) is 2.33. The predicted molar refractivity (Wildman–Crippen MR) is 99.4 cm³/mol. The molecule has 0 unspecified atom stereocenters. The van der Waals surface area contributed by atoms with Crippen molar-refractivity contribution < 1.29 is 19.1 Å². The summed E-state index contributed by atoms with van der Waals surface area (Å²) in [4.78, 5) is 35.3. The molecule has 0 aromatic heterocycles. The first-order chi connectivity index (χ1) is 12.4. The molecule has 136 valence electrons. The molecule has 2 rings (SSSR count). The Morgan fingerprint density at radius 3 is 2.31 bits per heavy atom. The summed E-state index contributed by atoms with van der Waals surface area (Å²) in [5, 5.41) is 7.85. The first-order valence-electron chi connectivity index (χ1n) is 7.99. The van der Waals surface area contributed by atoms with Crippen LogP contribution in [-0.2, 0) is 9.59 Å². The standard InChI is InChI=1S/C19H21N3O4/c1-12-4-6-14(7-5-12)19(25)20-11-18(24)22-15-8-9-17(26-3)16(10-15)21-13(2)23/h4-10H,11H2,1-3H3,(H,20,25)(H,21,23)(H,22,24). The van der Waals surface area contributed by atoms with Crippen molar-refractivity contribution in [2.45, 2.75) is 13.8 Å². The molecule has 2 aromatic carbocycles. The van der Waals surface area contributed by atoms with E-state index in [2.05, 4.69) is 16.0 Å². The van der Waals surface area contributed by atoms with Gasteiger partial charge in [-0.3, -0.25) is 14.4 Å². The number of nitrogens with one attached hydrogen (secondary N) is 3. The van der Waals surface area contributed by atoms with Gasteiger partial charge in [-0.25, -0.2) is 0 Å². The number of methoxy groups -OCH3 is 1. The second-order valence-electron chi connectivity index (χ2n) is 5.69. The molecule has 0 aliphatic rings. The van der Waals surface area contributed by atoms with E-state index in [0.29, 0.717) is 22.7 Å². The number of anilines is 2. The van der Waals surface area contributed by atoms with Crippen LogP contribution in [0.3, 0.4) is 0 Å². The number of amides is 3. The maximum absolute atomic E-state index is 12.0. The van der Waals surface area contributed by atoms with Gasteiger partial charge in [-0.15, -0.1) is 0 Å². The molecule has 0 radical (unpaired) electrons. The van der Waals surface area contributed by atoms with E-state index in [1.54, 1.807) is 30.3 Å². The molecule has 0 saturated carbocycles. The fourth-order valence-electron chi connectivity index (χ4n) is 2.25. The van der Waals surface area contributed by atoms with Crippen LogP contribution in [0.1, 0.15) is 22.8 Å². The molecular weight excluding hydrogens is 334 g/mol. The van der Waals surface area contributed by atoms with E-state index < -0.39 is 0 Å². The van der Waals surface area contributed by atoms with Gasteiger partial charge in [0.2, 0.25) is 11.8 Å². The topological polar surface area (TPSA) is 96.5 Å². The third-order valence-electron chi connectivity index (χ3n) is 3.52. The first kappa shape index (κ1) is 19.0. The zero-order chi connectivity index (χ0) is 19.1. The van der Waals surface area contributed by atoms with Gasteiger partial charge in [0.1, 0.15) is 5.75 Å². The summed E-state index contributed by atoms with van der Waals surface area (Å²) < 4.78 is 5.16. The second kappa shape index (κ2) is 8.66. The molecule has 0 saturated heterocycles. The molecule has 0 heterocycles. The third kappa shape index (κ3) is 5.34. The SMILES string of the molecule is COc1ccc(NC(=O)CNC(=O)c2ccc(C)cc2)cc1NC(C)=O. The van der Waals surface area contributed by atoms with Crippen molar-refractivity contribution in [1.82, 2.24) is 5.32 Å². The minimum atomic E-state index is -0.385. The van der Waals surface area contributed by atoms with Gasteiger partial charge in [0, 0.05) is 18.2 Å². The lowest BCUT2D eigenvalue weighted by Crippen LogP contribution is -2.32. The molecule has 0 bridgehead atoms. The number of benzene rings is 2. The van der Waals surface area contributed by atoms with Crippen LogP contribution in [0.15, 0.2) is 42.5 Å². The summed E-state index contributed by atoms with van der Waals surface area (Å²) in [6.45, 7) is 3.14. The van der Waals surface area contributed by atoms with Gasteiger partial charge in [0.15, 0.2) is 0 Å². The van der Waals surface area contributed by atoms with Crippen molar-refractivity contribution in [2.75, 3.05) is 24.3 Å². The number of carbonyl (C=O) groups is 3. The lowest BCUT2D eigenvalue weighted by molar-refractivity contribution is -0.115. The van der Waals surface area contributed by atoms with E-state index in [1.165, 1.54) is 14.0 Å². The zero-order valence-electron chi connectivity index (χ0n) is 14.9. The highest BCUT2D eigenvalue weighted by Gasteiger charge is 2.10. The highest BCUT2D eigenvalue weighted by atomic mass is 16.5. The van der Waals surface area contributed by atoms with E-state index in [0.717, 1.165) is 5.56 Å². The Bertz CT molecular complexity index is 816. The smallest absolute Gasteiger partial charge is 0.251 e. The number of carbonyl (C=O) groups excluding carboxylic acids is 3. The van der Waals surface area contributed by atoms with Crippen molar-refractivity contribution in [2.24, 2.45) is 0 Å². The quantitative estimate of drug-likeness (QED) is 0.741. The number of aryl methyl sites for hydroxylation is 1. The second-order valence-corrected chi connectivity index (χ2v) is 5.69. The van der Waals surface area contributed by atoms with E-state index in [-0.39, 0.29) is 24.3 Å². The molecule has 7 nitrogen and oxygen atoms in total. The summed E-state index contributed by atoms with van der Waals surface area (Å²) in [6.07, 6.45) is 0. The minimum absolute atomic E-state index is 0.172. The summed E-state index contributed by atoms with van der Waals surface area (Å²) in [5.41, 5.74) is 2.46. The Morgan fingerprint density at radius 1 is 1.00 bits per heavy atom. The molecule has 3 amide bonds. The van der Waals surface area contributed by atoms with Crippen LogP contribution in [-0.4, -0.2) is 31.4 Å². The number of hydrogen-bond donors (Lipinski definition) is 3. The van der Waals surface area contributed by atoms with Crippen LogP contribution < -0.4 is 20.7 Å². The summed E-state index contributed by atoms with van der Waals surface area (Å²) >= 11 is 0. The summed E-state index contributed by atoms with van der Waals surface area (Å²) in [7, 11) is 1.49. The molecule has 26 heavy (non-hydrogen) atoms. The van der Waals surface area contributed by atoms with E-state index in [1.807, 2.05) is 19.1 Å². The van der Waals surface area contributed by atoms with Crippen LogP contribution in [0.25, 0.3) is 0 Å². The third-order valence-corrected chi connectivity index (χ3v) is 3.52. The Balaban J connectivity index is 1.95. The summed E-state index contributed by atoms with van der Waals surface area (Å²) in [6, 6.07) is 11.9. The first-order valence-corrected chi connectivity index (χ1v) is 7.99. The van der Waals surface area contributed by atoms with Crippen molar-refractivity contribution in [1.29, 1.82) is 0 Å². The van der Waals surface area contributed by atoms with Crippen molar-refractivity contribution >= 4 is 29.1 Å². The maximum Gasteiger partial charge on any atom is 0.251 e. The molecule has 7 heteroatoms. The van der Waals surface area contributed by atoms with Crippen LogP contribution in [0.4, 0.5) is 11.4 Å². The Labute approximate surface area is 151 Å². The molecule has 0 spiro atoms. The highest BCUT2D eigenvalue weighted by molar-refractivity contribution is 6.00. The maximum atomic E-state index is 12.0. The zero-order valence-corrected chi connectivity index (χ0v) is 14.9. The average Bonchev–Trinajstić information content (AvgIpc) is 2.60. The van der Waals surface area contributed by atoms with E-state index in [9.17, 15) is 14.4 Å². The average molecular weight is 355 g/mol. The largest absolute Gasteiger partial charge is 0.495 e. The van der Waals surface area contributed by atoms with Gasteiger partial charge in [-0.05, 0) is 37.3 Å². The molecule has 3 N–H and O–H groups in total. The van der Waals surface area contributed by atoms with Crippen LogP contribution in [0.5, 0.6) is 5.75 Å². The highest BCUT2D eigenvalue weighted by Crippen LogP contribution is 2.27. The van der Waals surface area contributed by atoms with E-state index >= 15 is 0 Å². The molecule has 0 aliphatic carbocycles. The van der Waals surface area contributed by atoms with Gasteiger partial charge < -0.3 is 20.7 Å². The van der Waals surface area contributed by atoms with Crippen molar-refractivity contribution in [3.63, 3.8) is 0 Å². The van der Waals surface area contributed by atoms with Gasteiger partial charge in [-0.1, -0.05) is 17.7 Å². The van der Waals surface area contributed by atoms with Gasteiger partial charge in [-0.2, -0.15) is 0 Å². The fourth-order valence-corrected chi connectivity index (χ4v) is 2.25. The van der Waals surface area contributed by atoms with Gasteiger partial charge >= 0.3 is 0 Å². The normalized spacial score (nSPS) is 9.96. The van der Waals surface area contributed by atoms with E-state index in [4.69, 9.17) is 4.74 Å². The molecule has 0 atom stereocenters. The van der Waals surface area contributed by atoms with Crippen molar-refractivity contribution in [3.05, 3.63) is 53.6 Å².